The highest BCUT2D eigenvalue weighted by molar-refractivity contribution is 7.71. The molecule has 2 heterocycles. The van der Waals surface area contributed by atoms with Gasteiger partial charge in [0.2, 0.25) is 0 Å². The van der Waals surface area contributed by atoms with Gasteiger partial charge in [-0.05, 0) is 19.1 Å². The summed E-state index contributed by atoms with van der Waals surface area (Å²) in [4.78, 5) is 9.61. The molecule has 4 heteroatoms. The summed E-state index contributed by atoms with van der Waals surface area (Å²) in [6.07, 6.45) is 3.43. The van der Waals surface area contributed by atoms with Crippen LogP contribution in [0.2, 0.25) is 0 Å². The Bertz CT molecular complexity index is 470. The molecule has 0 amide bonds. The lowest BCUT2D eigenvalue weighted by Gasteiger charge is -1.94. The van der Waals surface area contributed by atoms with E-state index in [0.29, 0.717) is 4.64 Å². The Morgan fingerprint density at radius 2 is 2.23 bits per heavy atom. The van der Waals surface area contributed by atoms with Gasteiger partial charge in [-0.1, -0.05) is 12.2 Å². The Kier molecular flexibility index (Phi) is 2.24. The van der Waals surface area contributed by atoms with Crippen LogP contribution >= 0.6 is 23.6 Å². The van der Waals surface area contributed by atoms with E-state index >= 15 is 0 Å². The molecule has 66 valence electrons. The molecule has 13 heavy (non-hydrogen) atoms. The van der Waals surface area contributed by atoms with E-state index in [1.165, 1.54) is 9.75 Å². The second kappa shape index (κ2) is 3.40. The normalized spacial score (nSPS) is 10.2. The predicted molar refractivity (Wildman–Crippen MR) is 57.5 cm³/mol. The summed E-state index contributed by atoms with van der Waals surface area (Å²) in [5.41, 5.74) is 0.991. The zero-order valence-electron chi connectivity index (χ0n) is 7.07. The number of aromatic nitrogens is 2. The molecule has 0 aromatic carbocycles. The summed E-state index contributed by atoms with van der Waals surface area (Å²) in [5.74, 6) is 0. The Labute approximate surface area is 85.3 Å². The first-order valence-corrected chi connectivity index (χ1v) is 5.09. The van der Waals surface area contributed by atoms with Crippen molar-refractivity contribution in [3.8, 4) is 10.6 Å². The molecule has 1 N–H and O–H groups in total. The third-order valence-electron chi connectivity index (χ3n) is 1.66. The van der Waals surface area contributed by atoms with E-state index in [0.717, 1.165) is 5.69 Å². The monoisotopic (exact) mass is 208 g/mol. The van der Waals surface area contributed by atoms with Crippen molar-refractivity contribution in [2.45, 2.75) is 6.92 Å². The van der Waals surface area contributed by atoms with Crippen LogP contribution in [-0.2, 0) is 0 Å². The molecule has 0 aliphatic carbocycles. The summed E-state index contributed by atoms with van der Waals surface area (Å²) < 4.78 is 0.670. The highest BCUT2D eigenvalue weighted by Gasteiger charge is 1.99. The first-order chi connectivity index (χ1) is 6.25. The van der Waals surface area contributed by atoms with Crippen LogP contribution in [0.25, 0.3) is 10.6 Å². The average Bonchev–Trinajstić information content (AvgIpc) is 2.52. The van der Waals surface area contributed by atoms with Crippen molar-refractivity contribution in [2.75, 3.05) is 0 Å². The van der Waals surface area contributed by atoms with Gasteiger partial charge in [-0.25, -0.2) is 0 Å². The Morgan fingerprint density at radius 3 is 2.85 bits per heavy atom. The van der Waals surface area contributed by atoms with Gasteiger partial charge in [0, 0.05) is 4.88 Å². The van der Waals surface area contributed by atoms with E-state index in [1.807, 2.05) is 0 Å². The van der Waals surface area contributed by atoms with Gasteiger partial charge in [-0.15, -0.1) is 11.3 Å². The summed E-state index contributed by atoms with van der Waals surface area (Å²) in [6, 6.07) is 4.16. The van der Waals surface area contributed by atoms with Crippen molar-refractivity contribution in [3.05, 3.63) is 34.0 Å². The van der Waals surface area contributed by atoms with Gasteiger partial charge in [0.15, 0.2) is 0 Å². The molecule has 0 bridgehead atoms. The predicted octanol–water partition coefficient (Wildman–Crippen LogP) is 3.18. The third-order valence-corrected chi connectivity index (χ3v) is 2.90. The van der Waals surface area contributed by atoms with E-state index in [-0.39, 0.29) is 0 Å². The van der Waals surface area contributed by atoms with E-state index in [2.05, 4.69) is 29.0 Å². The fourth-order valence-electron chi connectivity index (χ4n) is 1.08. The van der Waals surface area contributed by atoms with E-state index in [4.69, 9.17) is 12.2 Å². The highest BCUT2D eigenvalue weighted by atomic mass is 32.1. The molecular weight excluding hydrogens is 200 g/mol. The van der Waals surface area contributed by atoms with E-state index in [1.54, 1.807) is 23.7 Å². The molecule has 0 aliphatic rings. The number of nitrogens with zero attached hydrogens (tertiary/aromatic N) is 1. The lowest BCUT2D eigenvalue weighted by atomic mass is 10.3. The van der Waals surface area contributed by atoms with Gasteiger partial charge in [0.1, 0.15) is 4.64 Å². The molecule has 0 fully saturated rings. The van der Waals surface area contributed by atoms with Crippen molar-refractivity contribution in [3.63, 3.8) is 0 Å². The largest absolute Gasteiger partial charge is 0.343 e. The Hall–Kier alpha value is -1.000. The molecule has 2 aromatic heterocycles. The van der Waals surface area contributed by atoms with Crippen LogP contribution in [0, 0.1) is 11.6 Å². The number of hydrogen-bond donors (Lipinski definition) is 1. The van der Waals surface area contributed by atoms with E-state index < -0.39 is 0 Å². The summed E-state index contributed by atoms with van der Waals surface area (Å²) in [7, 11) is 0. The second-order valence-electron chi connectivity index (χ2n) is 2.72. The number of rotatable bonds is 1. The van der Waals surface area contributed by atoms with E-state index in [9.17, 15) is 0 Å². The quantitative estimate of drug-likeness (QED) is 0.729. The minimum atomic E-state index is 0.670. The SMILES string of the molecule is Cc1ccc(-c2cncc(=S)[nH]2)s1. The Balaban J connectivity index is 2.52. The summed E-state index contributed by atoms with van der Waals surface area (Å²) >= 11 is 6.72. The average molecular weight is 208 g/mol. The van der Waals surface area contributed by atoms with Crippen LogP contribution in [0.4, 0.5) is 0 Å². The van der Waals surface area contributed by atoms with Gasteiger partial charge >= 0.3 is 0 Å². The van der Waals surface area contributed by atoms with Crippen molar-refractivity contribution in [1.29, 1.82) is 0 Å². The first-order valence-electron chi connectivity index (χ1n) is 3.87. The molecule has 0 unspecified atom stereocenters. The topological polar surface area (TPSA) is 28.7 Å². The van der Waals surface area contributed by atoms with Crippen LogP contribution in [0.5, 0.6) is 0 Å². The highest BCUT2D eigenvalue weighted by Crippen LogP contribution is 2.24. The van der Waals surface area contributed by atoms with Crippen LogP contribution in [-0.4, -0.2) is 9.97 Å². The van der Waals surface area contributed by atoms with Crippen molar-refractivity contribution >= 4 is 23.6 Å². The molecule has 0 spiro atoms. The molecule has 0 atom stereocenters. The maximum Gasteiger partial charge on any atom is 0.122 e. The lowest BCUT2D eigenvalue weighted by molar-refractivity contribution is 1.19. The van der Waals surface area contributed by atoms with Gasteiger partial charge < -0.3 is 4.98 Å². The molecular formula is C9H8N2S2. The van der Waals surface area contributed by atoms with Crippen molar-refractivity contribution < 1.29 is 0 Å². The molecule has 2 nitrogen and oxygen atoms in total. The summed E-state index contributed by atoms with van der Waals surface area (Å²) in [5, 5.41) is 0. The van der Waals surface area contributed by atoms with Crippen molar-refractivity contribution in [1.82, 2.24) is 9.97 Å². The minimum Gasteiger partial charge on any atom is -0.343 e. The smallest absolute Gasteiger partial charge is 0.122 e. The zero-order valence-corrected chi connectivity index (χ0v) is 8.71. The van der Waals surface area contributed by atoms with Crippen LogP contribution < -0.4 is 0 Å². The standard InChI is InChI=1S/C9H8N2S2/c1-6-2-3-8(13-6)7-4-10-5-9(12)11-7/h2-5H,1H3,(H,11,12). The number of hydrogen-bond acceptors (Lipinski definition) is 3. The van der Waals surface area contributed by atoms with Crippen LogP contribution in [0.3, 0.4) is 0 Å². The lowest BCUT2D eigenvalue weighted by Crippen LogP contribution is -1.82. The number of nitrogens with one attached hydrogen (secondary N) is 1. The third kappa shape index (κ3) is 1.84. The minimum absolute atomic E-state index is 0.670. The van der Waals surface area contributed by atoms with Crippen LogP contribution in [0.15, 0.2) is 24.5 Å². The van der Waals surface area contributed by atoms with Gasteiger partial charge in [0.25, 0.3) is 0 Å². The zero-order chi connectivity index (χ0) is 9.26. The fourth-order valence-corrected chi connectivity index (χ4v) is 2.08. The summed E-state index contributed by atoms with van der Waals surface area (Å²) in [6.45, 7) is 2.08. The second-order valence-corrected chi connectivity index (χ2v) is 4.45. The van der Waals surface area contributed by atoms with Gasteiger partial charge in [0.05, 0.1) is 23.0 Å². The fraction of sp³-hybridized carbons (Fsp3) is 0.111. The first kappa shape index (κ1) is 8.59. The number of aromatic amines is 1. The molecule has 2 rings (SSSR count). The number of H-pyrrole nitrogens is 1. The maximum absolute atomic E-state index is 4.99. The van der Waals surface area contributed by atoms with Gasteiger partial charge in [-0.3, -0.25) is 4.98 Å². The van der Waals surface area contributed by atoms with Gasteiger partial charge in [-0.2, -0.15) is 0 Å². The van der Waals surface area contributed by atoms with Crippen LogP contribution in [0.1, 0.15) is 4.88 Å². The number of thiophene rings is 1. The van der Waals surface area contributed by atoms with Crippen molar-refractivity contribution in [2.24, 2.45) is 0 Å². The molecule has 0 radical (unpaired) electrons. The molecule has 0 aliphatic heterocycles. The molecule has 2 aromatic rings. The Morgan fingerprint density at radius 1 is 1.38 bits per heavy atom. The molecule has 0 saturated heterocycles. The molecule has 0 saturated carbocycles. The number of aryl methyl sites for hydroxylation is 1. The maximum atomic E-state index is 4.99.